The van der Waals surface area contributed by atoms with Gasteiger partial charge in [-0.3, -0.25) is 0 Å². The van der Waals surface area contributed by atoms with Crippen LogP contribution in [0, 0.1) is 0 Å². The third-order valence-corrected chi connectivity index (χ3v) is 2.60. The van der Waals surface area contributed by atoms with Gasteiger partial charge in [0.25, 0.3) is 0 Å². The van der Waals surface area contributed by atoms with E-state index < -0.39 is 0 Å². The highest BCUT2D eigenvalue weighted by Gasteiger charge is 2.07. The minimum absolute atomic E-state index is 0.934. The molecule has 3 rings (SSSR count). The van der Waals surface area contributed by atoms with Crippen LogP contribution in [0.1, 0.15) is 0 Å². The first-order valence-corrected chi connectivity index (χ1v) is 5.20. The lowest BCUT2D eigenvalue weighted by Crippen LogP contribution is -1.90. The molecule has 0 radical (unpaired) electrons. The van der Waals surface area contributed by atoms with E-state index in [1.54, 1.807) is 4.80 Å². The number of rotatable bonds is 1. The minimum atomic E-state index is 0.934. The molecule has 0 amide bonds. The normalized spacial score (nSPS) is 10.8. The fraction of sp³-hybridized carbons (Fsp3) is 0.0769. The molecule has 0 atom stereocenters. The number of hydrogen-bond acceptors (Lipinski definition) is 2. The first kappa shape index (κ1) is 9.09. The van der Waals surface area contributed by atoms with Gasteiger partial charge in [0.2, 0.25) is 0 Å². The van der Waals surface area contributed by atoms with E-state index in [9.17, 15) is 0 Å². The molecule has 0 fully saturated rings. The maximum atomic E-state index is 4.40. The van der Waals surface area contributed by atoms with Crippen LogP contribution in [0.15, 0.2) is 48.5 Å². The van der Waals surface area contributed by atoms with Crippen molar-refractivity contribution in [2.75, 3.05) is 0 Å². The molecule has 0 aliphatic carbocycles. The zero-order chi connectivity index (χ0) is 11.0. The summed E-state index contributed by atoms with van der Waals surface area (Å²) in [7, 11) is 1.84. The van der Waals surface area contributed by atoms with Gasteiger partial charge in [-0.1, -0.05) is 42.5 Å². The number of nitrogens with zero attached hydrogens (tertiary/aromatic N) is 3. The molecule has 3 aromatic rings. The maximum Gasteiger partial charge on any atom is 0.121 e. The highest BCUT2D eigenvalue weighted by Crippen LogP contribution is 2.25. The minimum Gasteiger partial charge on any atom is -0.187 e. The van der Waals surface area contributed by atoms with Crippen LogP contribution < -0.4 is 0 Å². The molecule has 1 heterocycles. The van der Waals surface area contributed by atoms with Gasteiger partial charge in [-0.2, -0.15) is 15.0 Å². The molecule has 78 valence electrons. The first-order valence-electron chi connectivity index (χ1n) is 5.20. The van der Waals surface area contributed by atoms with Crippen molar-refractivity contribution in [1.29, 1.82) is 0 Å². The molecular formula is C13H11N3. The first-order chi connectivity index (χ1) is 7.84. The molecule has 1 aromatic heterocycles. The molecule has 16 heavy (non-hydrogen) atoms. The van der Waals surface area contributed by atoms with Crippen molar-refractivity contribution in [2.24, 2.45) is 7.05 Å². The van der Waals surface area contributed by atoms with Gasteiger partial charge in [-0.15, -0.1) is 0 Å². The summed E-state index contributed by atoms with van der Waals surface area (Å²) in [5.41, 5.74) is 4.19. The summed E-state index contributed by atoms with van der Waals surface area (Å²) in [4.78, 5) is 1.61. The third-order valence-electron chi connectivity index (χ3n) is 2.60. The lowest BCUT2D eigenvalue weighted by Gasteiger charge is -2.00. The molecule has 0 saturated heterocycles. The van der Waals surface area contributed by atoms with Crippen molar-refractivity contribution in [1.82, 2.24) is 15.0 Å². The van der Waals surface area contributed by atoms with E-state index in [2.05, 4.69) is 28.4 Å². The smallest absolute Gasteiger partial charge is 0.121 e. The van der Waals surface area contributed by atoms with Crippen LogP contribution in [0.5, 0.6) is 0 Å². The van der Waals surface area contributed by atoms with Gasteiger partial charge in [-0.05, 0) is 11.6 Å². The molecule has 0 aliphatic heterocycles. The average Bonchev–Trinajstić information content (AvgIpc) is 2.70. The van der Waals surface area contributed by atoms with Crippen molar-refractivity contribution in [3.8, 4) is 11.1 Å². The molecule has 0 N–H and O–H groups in total. The summed E-state index contributed by atoms with van der Waals surface area (Å²) < 4.78 is 0. The van der Waals surface area contributed by atoms with Crippen molar-refractivity contribution in [3.63, 3.8) is 0 Å². The monoisotopic (exact) mass is 209 g/mol. The second kappa shape index (κ2) is 3.45. The van der Waals surface area contributed by atoms with Crippen molar-refractivity contribution in [3.05, 3.63) is 48.5 Å². The Hall–Kier alpha value is -2.16. The van der Waals surface area contributed by atoms with Crippen LogP contribution >= 0.6 is 0 Å². The topological polar surface area (TPSA) is 30.7 Å². The van der Waals surface area contributed by atoms with Gasteiger partial charge >= 0.3 is 0 Å². The Bertz CT molecular complexity index is 626. The molecule has 2 aromatic carbocycles. The molecule has 0 saturated carbocycles. The standard InChI is InChI=1S/C13H11N3/c1-16-14-12-9-5-8-11(13(12)15-16)10-6-3-2-4-7-10/h2-9H,1H3. The summed E-state index contributed by atoms with van der Waals surface area (Å²) in [6, 6.07) is 16.3. The predicted octanol–water partition coefficient (Wildman–Crippen LogP) is 2.64. The Balaban J connectivity index is 2.31. The van der Waals surface area contributed by atoms with Crippen molar-refractivity contribution < 1.29 is 0 Å². The van der Waals surface area contributed by atoms with Gasteiger partial charge in [0.15, 0.2) is 0 Å². The van der Waals surface area contributed by atoms with Crippen LogP contribution in [0.3, 0.4) is 0 Å². The lowest BCUT2D eigenvalue weighted by atomic mass is 10.0. The van der Waals surface area contributed by atoms with E-state index in [4.69, 9.17) is 0 Å². The van der Waals surface area contributed by atoms with E-state index in [-0.39, 0.29) is 0 Å². The van der Waals surface area contributed by atoms with Crippen molar-refractivity contribution >= 4 is 11.0 Å². The number of hydrogen-bond donors (Lipinski definition) is 0. The van der Waals surface area contributed by atoms with Crippen LogP contribution in [-0.2, 0) is 7.05 Å². The summed E-state index contributed by atoms with van der Waals surface area (Å²) in [5, 5.41) is 8.70. The summed E-state index contributed by atoms with van der Waals surface area (Å²) in [6.45, 7) is 0. The van der Waals surface area contributed by atoms with Crippen LogP contribution in [0.2, 0.25) is 0 Å². The fourth-order valence-corrected chi connectivity index (χ4v) is 1.89. The third kappa shape index (κ3) is 1.37. The number of fused-ring (bicyclic) bond motifs is 1. The Morgan fingerprint density at radius 3 is 2.50 bits per heavy atom. The molecule has 0 aliphatic rings. The zero-order valence-electron chi connectivity index (χ0n) is 8.96. The number of benzene rings is 2. The summed E-state index contributed by atoms with van der Waals surface area (Å²) in [6.07, 6.45) is 0. The van der Waals surface area contributed by atoms with E-state index in [0.717, 1.165) is 16.6 Å². The highest BCUT2D eigenvalue weighted by molar-refractivity contribution is 5.91. The van der Waals surface area contributed by atoms with Gasteiger partial charge in [0.05, 0.1) is 0 Å². The van der Waals surface area contributed by atoms with E-state index in [0.29, 0.717) is 0 Å². The van der Waals surface area contributed by atoms with Crippen LogP contribution in [-0.4, -0.2) is 15.0 Å². The van der Waals surface area contributed by atoms with Crippen LogP contribution in [0.25, 0.3) is 22.2 Å². The Labute approximate surface area is 93.3 Å². The number of aryl methyl sites for hydroxylation is 1. The second-order valence-electron chi connectivity index (χ2n) is 3.73. The molecule has 0 bridgehead atoms. The zero-order valence-corrected chi connectivity index (χ0v) is 8.96. The molecule has 3 nitrogen and oxygen atoms in total. The van der Waals surface area contributed by atoms with E-state index >= 15 is 0 Å². The van der Waals surface area contributed by atoms with Gasteiger partial charge in [0, 0.05) is 12.6 Å². The maximum absolute atomic E-state index is 4.40. The van der Waals surface area contributed by atoms with Gasteiger partial charge in [-0.25, -0.2) is 0 Å². The number of aromatic nitrogens is 3. The van der Waals surface area contributed by atoms with E-state index in [1.807, 2.05) is 37.4 Å². The molecule has 0 spiro atoms. The van der Waals surface area contributed by atoms with Gasteiger partial charge < -0.3 is 0 Å². The predicted molar refractivity (Wildman–Crippen MR) is 63.9 cm³/mol. The highest BCUT2D eigenvalue weighted by atomic mass is 15.4. The van der Waals surface area contributed by atoms with Crippen LogP contribution in [0.4, 0.5) is 0 Å². The lowest BCUT2D eigenvalue weighted by molar-refractivity contribution is 0.665. The fourth-order valence-electron chi connectivity index (χ4n) is 1.89. The average molecular weight is 209 g/mol. The summed E-state index contributed by atoms with van der Waals surface area (Å²) >= 11 is 0. The van der Waals surface area contributed by atoms with Gasteiger partial charge in [0.1, 0.15) is 11.0 Å². The molecule has 0 unspecified atom stereocenters. The molecule has 3 heteroatoms. The molecular weight excluding hydrogens is 198 g/mol. The SMILES string of the molecule is Cn1nc2cccc(-c3ccccc3)c2n1. The Kier molecular flexibility index (Phi) is 1.96. The quantitative estimate of drug-likeness (QED) is 0.616. The Morgan fingerprint density at radius 1 is 0.875 bits per heavy atom. The van der Waals surface area contributed by atoms with Crippen molar-refractivity contribution in [2.45, 2.75) is 0 Å². The largest absolute Gasteiger partial charge is 0.187 e. The summed E-state index contributed by atoms with van der Waals surface area (Å²) in [5.74, 6) is 0. The second-order valence-corrected chi connectivity index (χ2v) is 3.73. The van der Waals surface area contributed by atoms with E-state index in [1.165, 1.54) is 5.56 Å². The Morgan fingerprint density at radius 2 is 1.69 bits per heavy atom.